The van der Waals surface area contributed by atoms with Gasteiger partial charge in [0.2, 0.25) is 17.7 Å². The van der Waals surface area contributed by atoms with Gasteiger partial charge in [0.25, 0.3) is 0 Å². The molecular formula is C30H39F3N7O3+. The van der Waals surface area contributed by atoms with Crippen LogP contribution in [0.25, 0.3) is 10.9 Å². The van der Waals surface area contributed by atoms with Gasteiger partial charge in [-0.25, -0.2) is 0 Å². The zero-order valence-electron chi connectivity index (χ0n) is 24.5. The molecule has 0 fully saturated rings. The number of para-hydroxylation sites is 1. The van der Waals surface area contributed by atoms with E-state index in [-0.39, 0.29) is 25.3 Å². The van der Waals surface area contributed by atoms with E-state index >= 15 is 0 Å². The second-order valence-corrected chi connectivity index (χ2v) is 11.4. The molecule has 3 amide bonds. The number of carbonyl (C=O) groups is 3. The van der Waals surface area contributed by atoms with Crippen molar-refractivity contribution in [3.8, 4) is 0 Å². The van der Waals surface area contributed by atoms with Crippen LogP contribution in [0, 0.1) is 0 Å². The summed E-state index contributed by atoms with van der Waals surface area (Å²) in [6.07, 6.45) is -3.49. The maximum atomic E-state index is 13.4. The SMILES string of the molecule is C[N+](C)(C)CCN(CCN)C(=O)C[C@H](N)C(=O)N[C@@H](Cc1ccc(C(F)(F)F)cc1)C(=O)Nc1cnc2ccccc2c1. The van der Waals surface area contributed by atoms with E-state index in [1.807, 2.05) is 45.4 Å². The molecule has 232 valence electrons. The van der Waals surface area contributed by atoms with Crippen molar-refractivity contribution < 1.29 is 32.0 Å². The number of rotatable bonds is 13. The first-order valence-electron chi connectivity index (χ1n) is 13.8. The lowest BCUT2D eigenvalue weighted by Crippen LogP contribution is -2.53. The molecule has 0 saturated carbocycles. The van der Waals surface area contributed by atoms with Crippen molar-refractivity contribution in [2.24, 2.45) is 11.5 Å². The highest BCUT2D eigenvalue weighted by Gasteiger charge is 2.31. The number of nitrogens with two attached hydrogens (primary N) is 2. The molecule has 6 N–H and O–H groups in total. The summed E-state index contributed by atoms with van der Waals surface area (Å²) in [4.78, 5) is 45.3. The summed E-state index contributed by atoms with van der Waals surface area (Å²) >= 11 is 0. The molecule has 43 heavy (non-hydrogen) atoms. The Balaban J connectivity index is 1.76. The lowest BCUT2D eigenvalue weighted by Gasteiger charge is -2.29. The van der Waals surface area contributed by atoms with Crippen molar-refractivity contribution in [2.45, 2.75) is 31.1 Å². The van der Waals surface area contributed by atoms with Gasteiger partial charge in [0.15, 0.2) is 0 Å². The molecule has 0 spiro atoms. The molecule has 0 aliphatic carbocycles. The van der Waals surface area contributed by atoms with Gasteiger partial charge in [-0.15, -0.1) is 0 Å². The van der Waals surface area contributed by atoms with Crippen molar-refractivity contribution in [1.82, 2.24) is 15.2 Å². The lowest BCUT2D eigenvalue weighted by molar-refractivity contribution is -0.869. The zero-order chi connectivity index (χ0) is 31.8. The van der Waals surface area contributed by atoms with E-state index in [0.717, 1.165) is 23.0 Å². The molecule has 2 atom stereocenters. The zero-order valence-corrected chi connectivity index (χ0v) is 24.5. The number of quaternary nitrogens is 1. The second kappa shape index (κ2) is 14.4. The number of halogens is 3. The molecule has 3 aromatic rings. The van der Waals surface area contributed by atoms with Crippen molar-refractivity contribution in [2.75, 3.05) is 52.6 Å². The van der Waals surface area contributed by atoms with E-state index in [1.165, 1.54) is 18.3 Å². The first kappa shape index (κ1) is 33.4. The number of hydrogen-bond donors (Lipinski definition) is 4. The predicted molar refractivity (Wildman–Crippen MR) is 159 cm³/mol. The van der Waals surface area contributed by atoms with Crippen LogP contribution in [0.4, 0.5) is 18.9 Å². The molecule has 13 heteroatoms. The largest absolute Gasteiger partial charge is 0.416 e. The Morgan fingerprint density at radius 1 is 1.00 bits per heavy atom. The van der Waals surface area contributed by atoms with Crippen LogP contribution in [0.15, 0.2) is 60.8 Å². The average molecular weight is 603 g/mol. The average Bonchev–Trinajstić information content (AvgIpc) is 2.94. The maximum Gasteiger partial charge on any atom is 0.416 e. The summed E-state index contributed by atoms with van der Waals surface area (Å²) in [6, 6.07) is 10.8. The summed E-state index contributed by atoms with van der Waals surface area (Å²) in [5.41, 5.74) is 12.4. The summed E-state index contributed by atoms with van der Waals surface area (Å²) in [5, 5.41) is 6.07. The molecule has 0 aliphatic heterocycles. The number of aromatic nitrogens is 1. The summed E-state index contributed by atoms with van der Waals surface area (Å²) in [7, 11) is 5.96. The van der Waals surface area contributed by atoms with Crippen molar-refractivity contribution in [3.05, 3.63) is 71.9 Å². The first-order valence-corrected chi connectivity index (χ1v) is 13.8. The molecule has 0 unspecified atom stereocenters. The molecule has 0 aliphatic rings. The molecule has 0 saturated heterocycles. The molecule has 2 aromatic carbocycles. The number of nitrogens with zero attached hydrogens (tertiary/aromatic N) is 3. The number of likely N-dealkylation sites (N-methyl/N-ethyl adjacent to an activating group) is 1. The molecule has 1 aromatic heterocycles. The summed E-state index contributed by atoms with van der Waals surface area (Å²) in [5.74, 6) is -1.74. The van der Waals surface area contributed by atoms with Crippen LogP contribution in [0.2, 0.25) is 0 Å². The summed E-state index contributed by atoms with van der Waals surface area (Å²) < 4.78 is 39.8. The van der Waals surface area contributed by atoms with Crippen LogP contribution >= 0.6 is 0 Å². The van der Waals surface area contributed by atoms with Gasteiger partial charge in [0.1, 0.15) is 6.04 Å². The highest BCUT2D eigenvalue weighted by Crippen LogP contribution is 2.29. The van der Waals surface area contributed by atoms with Crippen molar-refractivity contribution in [1.29, 1.82) is 0 Å². The first-order chi connectivity index (χ1) is 20.2. The van der Waals surface area contributed by atoms with Crippen LogP contribution < -0.4 is 22.1 Å². The fourth-order valence-corrected chi connectivity index (χ4v) is 4.27. The van der Waals surface area contributed by atoms with Gasteiger partial charge in [-0.05, 0) is 29.8 Å². The summed E-state index contributed by atoms with van der Waals surface area (Å²) in [6.45, 7) is 1.62. The second-order valence-electron chi connectivity index (χ2n) is 11.4. The monoisotopic (exact) mass is 602 g/mol. The van der Waals surface area contributed by atoms with Gasteiger partial charge in [-0.3, -0.25) is 19.4 Å². The Bertz CT molecular complexity index is 1410. The van der Waals surface area contributed by atoms with E-state index < -0.39 is 35.6 Å². The topological polar surface area (TPSA) is 143 Å². The fraction of sp³-hybridized carbons (Fsp3) is 0.400. The Morgan fingerprint density at radius 3 is 2.30 bits per heavy atom. The van der Waals surface area contributed by atoms with Crippen LogP contribution in [-0.4, -0.2) is 91.5 Å². The van der Waals surface area contributed by atoms with E-state index in [0.29, 0.717) is 35.4 Å². The Morgan fingerprint density at radius 2 is 1.67 bits per heavy atom. The van der Waals surface area contributed by atoms with Crippen LogP contribution in [0.1, 0.15) is 17.5 Å². The van der Waals surface area contributed by atoms with Gasteiger partial charge >= 0.3 is 6.18 Å². The molecule has 1 heterocycles. The number of carbonyl (C=O) groups excluding carboxylic acids is 3. The lowest BCUT2D eigenvalue weighted by atomic mass is 10.0. The molecule has 3 rings (SSSR count). The number of pyridine rings is 1. The molecule has 0 bridgehead atoms. The maximum absolute atomic E-state index is 13.4. The van der Waals surface area contributed by atoms with Crippen LogP contribution in [0.3, 0.4) is 0 Å². The minimum absolute atomic E-state index is 0.125. The minimum Gasteiger partial charge on any atom is -0.343 e. The van der Waals surface area contributed by atoms with Crippen LogP contribution in [-0.2, 0) is 27.0 Å². The van der Waals surface area contributed by atoms with E-state index in [4.69, 9.17) is 11.5 Å². The number of benzene rings is 2. The van der Waals surface area contributed by atoms with E-state index in [9.17, 15) is 27.6 Å². The van der Waals surface area contributed by atoms with Gasteiger partial charge in [0.05, 0.1) is 69.7 Å². The predicted octanol–water partition coefficient (Wildman–Crippen LogP) is 2.13. The van der Waals surface area contributed by atoms with Crippen molar-refractivity contribution >= 4 is 34.3 Å². The van der Waals surface area contributed by atoms with Crippen LogP contribution in [0.5, 0.6) is 0 Å². The standard InChI is InChI=1S/C30H38F3N7O3/c1-40(2,3)15-14-39(13-12-34)27(41)18-24(35)28(42)38-26(16-20-8-10-22(11-9-20)30(31,32)33)29(43)37-23-17-21-6-4-5-7-25(21)36-19-23/h4-11,17,19,24,26H,12-16,18,34-35H2,1-3H3,(H-,37,38,42,43)/p+1/t24-,26-/m0/s1. The van der Waals surface area contributed by atoms with Gasteiger partial charge in [-0.2, -0.15) is 13.2 Å². The number of hydrogen-bond acceptors (Lipinski definition) is 6. The molecule has 10 nitrogen and oxygen atoms in total. The highest BCUT2D eigenvalue weighted by atomic mass is 19.4. The van der Waals surface area contributed by atoms with Gasteiger partial charge in [0, 0.05) is 24.9 Å². The third kappa shape index (κ3) is 10.3. The number of amides is 3. The Hall–Kier alpha value is -4.07. The normalized spacial score (nSPS) is 13.3. The Labute approximate surface area is 248 Å². The fourth-order valence-electron chi connectivity index (χ4n) is 4.27. The minimum atomic E-state index is -4.52. The third-order valence-electron chi connectivity index (χ3n) is 6.74. The quantitative estimate of drug-likeness (QED) is 0.221. The Kier molecular flexibility index (Phi) is 11.2. The van der Waals surface area contributed by atoms with E-state index in [2.05, 4.69) is 15.6 Å². The smallest absolute Gasteiger partial charge is 0.343 e. The highest BCUT2D eigenvalue weighted by molar-refractivity contribution is 5.99. The van der Waals surface area contributed by atoms with Crippen molar-refractivity contribution in [3.63, 3.8) is 0 Å². The third-order valence-corrected chi connectivity index (χ3v) is 6.74. The number of anilines is 1. The number of nitrogens with one attached hydrogen (secondary N) is 2. The number of fused-ring (bicyclic) bond motifs is 1. The molecular weight excluding hydrogens is 563 g/mol. The molecule has 0 radical (unpaired) electrons. The van der Waals surface area contributed by atoms with Gasteiger partial charge < -0.3 is 31.5 Å². The van der Waals surface area contributed by atoms with Gasteiger partial charge in [-0.1, -0.05) is 30.3 Å². The van der Waals surface area contributed by atoms with E-state index in [1.54, 1.807) is 11.0 Å². The number of alkyl halides is 3.